The molecule has 4 nitrogen and oxygen atoms in total. The van der Waals surface area contributed by atoms with Gasteiger partial charge in [0.05, 0.1) is 0 Å². The molecule has 261 valence electrons. The van der Waals surface area contributed by atoms with Crippen LogP contribution in [-0.2, 0) is 41.1 Å². The Bertz CT molecular complexity index is 2020. The number of ketones is 1. The molecule has 0 atom stereocenters. The van der Waals surface area contributed by atoms with E-state index in [9.17, 15) is 4.79 Å². The van der Waals surface area contributed by atoms with Crippen molar-refractivity contribution in [3.05, 3.63) is 94.6 Å². The van der Waals surface area contributed by atoms with E-state index in [1.165, 1.54) is 72.4 Å². The largest absolute Gasteiger partial charge is 0.685 e. The molecule has 2 aromatic heterocycles. The molecule has 3 aromatic carbocycles. The molecule has 7 rings (SSSR count). The number of benzene rings is 3. The van der Waals surface area contributed by atoms with E-state index >= 15 is 0 Å². The summed E-state index contributed by atoms with van der Waals surface area (Å²) in [6, 6.07) is 21.7. The molecule has 0 bridgehead atoms. The second-order valence-electron chi connectivity index (χ2n) is 16.5. The van der Waals surface area contributed by atoms with Gasteiger partial charge in [0.25, 0.3) is 0 Å². The maximum Gasteiger partial charge on any atom is 0.151 e. The van der Waals surface area contributed by atoms with Crippen LogP contribution in [0.1, 0.15) is 124 Å². The van der Waals surface area contributed by atoms with Crippen LogP contribution in [0.5, 0.6) is 0 Å². The summed E-state index contributed by atoms with van der Waals surface area (Å²) in [5, 5.41) is 9.19. The number of fused-ring (bicyclic) bond motifs is 5. The van der Waals surface area contributed by atoms with Gasteiger partial charge in [0, 0.05) is 42.8 Å². The molecule has 2 aliphatic carbocycles. The maximum atomic E-state index is 10.8. The summed E-state index contributed by atoms with van der Waals surface area (Å²) in [6.07, 6.45) is 12.3. The summed E-state index contributed by atoms with van der Waals surface area (Å²) in [7, 11) is 0. The van der Waals surface area contributed by atoms with Gasteiger partial charge in [0.15, 0.2) is 5.78 Å². The fourth-order valence-corrected chi connectivity index (χ4v) is 7.76. The Labute approximate surface area is 306 Å². The van der Waals surface area contributed by atoms with Crippen molar-refractivity contribution in [1.82, 2.24) is 4.98 Å². The predicted molar refractivity (Wildman–Crippen MR) is 202 cm³/mol. The Morgan fingerprint density at radius 3 is 2.20 bits per heavy atom. The quantitative estimate of drug-likeness (QED) is 0.134. The van der Waals surface area contributed by atoms with Gasteiger partial charge in [-0.1, -0.05) is 117 Å². The zero-order valence-corrected chi connectivity index (χ0v) is 33.2. The van der Waals surface area contributed by atoms with Crippen LogP contribution in [0.25, 0.3) is 49.3 Å². The zero-order chi connectivity index (χ0) is 34.4. The number of pyridine rings is 1. The third kappa shape index (κ3) is 7.74. The van der Waals surface area contributed by atoms with Crippen LogP contribution in [0.2, 0.25) is 0 Å². The van der Waals surface area contributed by atoms with E-state index in [2.05, 4.69) is 108 Å². The second-order valence-corrected chi connectivity index (χ2v) is 16.5. The van der Waals surface area contributed by atoms with Gasteiger partial charge in [-0.25, -0.2) is 0 Å². The fraction of sp³-hybridized carbons (Fsp3) is 0.455. The number of allylic oxidation sites excluding steroid dienone is 2. The average molecular weight is 833 g/mol. The van der Waals surface area contributed by atoms with Crippen molar-refractivity contribution in [2.24, 2.45) is 0 Å². The first-order valence-electron chi connectivity index (χ1n) is 17.9. The van der Waals surface area contributed by atoms with Crippen LogP contribution in [0.4, 0.5) is 0 Å². The number of carbonyl (C=O) groups excluding carboxylic acids is 1. The Balaban J connectivity index is 0.000000284. The minimum Gasteiger partial charge on any atom is -0.685 e. The van der Waals surface area contributed by atoms with Gasteiger partial charge in [-0.3, -0.25) is 9.78 Å². The molecule has 0 saturated heterocycles. The number of hydrogen-bond donors (Lipinski definition) is 0. The predicted octanol–water partition coefficient (Wildman–Crippen LogP) is 12.4. The van der Waals surface area contributed by atoms with Crippen molar-refractivity contribution in [3.8, 4) is 11.3 Å². The van der Waals surface area contributed by atoms with Crippen molar-refractivity contribution in [1.29, 1.82) is 0 Å². The fourth-order valence-electron chi connectivity index (χ4n) is 7.76. The van der Waals surface area contributed by atoms with Crippen LogP contribution in [0, 0.1) is 6.07 Å². The Hall–Kier alpha value is -3.27. The van der Waals surface area contributed by atoms with E-state index < -0.39 is 0 Å². The van der Waals surface area contributed by atoms with E-state index in [0.29, 0.717) is 6.04 Å². The van der Waals surface area contributed by atoms with Gasteiger partial charge in [0.1, 0.15) is 11.2 Å². The molecule has 1 radical (unpaired) electrons. The topological polar surface area (TPSA) is 57.2 Å². The number of furan rings is 1. The SMILES string of the molecule is CC(=O)/C=C(/C)[N-]C1CCCCC1.CC(C)(C)c1cc(-c2nccc3c2oc2cc4c(cc23)C(C)(C)CCC4(C)C)[c-]c2ccccc12.[Ir]. The summed E-state index contributed by atoms with van der Waals surface area (Å²) in [4.78, 5) is 15.6. The monoisotopic (exact) mass is 833 g/mol. The number of aromatic nitrogens is 1. The normalized spacial score (nSPS) is 17.6. The molecular weight excluding hydrogens is 781 g/mol. The van der Waals surface area contributed by atoms with Gasteiger partial charge < -0.3 is 9.73 Å². The van der Waals surface area contributed by atoms with E-state index in [1.807, 2.05) is 13.1 Å². The first-order valence-corrected chi connectivity index (χ1v) is 17.9. The minimum absolute atomic E-state index is 0. The van der Waals surface area contributed by atoms with E-state index in [4.69, 9.17) is 9.40 Å². The van der Waals surface area contributed by atoms with E-state index in [0.717, 1.165) is 38.9 Å². The third-order valence-electron chi connectivity index (χ3n) is 10.6. The molecule has 2 heterocycles. The number of rotatable bonds is 4. The first-order chi connectivity index (χ1) is 22.6. The average Bonchev–Trinajstić information content (AvgIpc) is 3.40. The van der Waals surface area contributed by atoms with Gasteiger partial charge in [-0.15, -0.1) is 35.2 Å². The van der Waals surface area contributed by atoms with Crippen molar-refractivity contribution in [2.75, 3.05) is 0 Å². The molecule has 5 aromatic rings. The Kier molecular flexibility index (Phi) is 10.7. The summed E-state index contributed by atoms with van der Waals surface area (Å²) in [5.74, 6) is 0.0945. The van der Waals surface area contributed by atoms with Crippen LogP contribution >= 0.6 is 0 Å². The number of hydrogen-bond acceptors (Lipinski definition) is 3. The molecule has 0 amide bonds. The molecule has 0 N–H and O–H groups in total. The molecule has 5 heteroatoms. The second kappa shape index (κ2) is 14.2. The van der Waals surface area contributed by atoms with Gasteiger partial charge >= 0.3 is 0 Å². The van der Waals surface area contributed by atoms with Gasteiger partial charge in [-0.2, -0.15) is 5.70 Å². The van der Waals surface area contributed by atoms with Crippen molar-refractivity contribution >= 4 is 38.5 Å². The molecule has 49 heavy (non-hydrogen) atoms. The Morgan fingerprint density at radius 1 is 0.898 bits per heavy atom. The molecular formula is C44H52IrN2O2-2. The van der Waals surface area contributed by atoms with Gasteiger partial charge in [0.2, 0.25) is 0 Å². The van der Waals surface area contributed by atoms with E-state index in [-0.39, 0.29) is 42.1 Å². The summed E-state index contributed by atoms with van der Waals surface area (Å²) in [5.41, 5.74) is 9.03. The molecule has 1 fully saturated rings. The van der Waals surface area contributed by atoms with Gasteiger partial charge in [-0.05, 0) is 71.4 Å². The summed E-state index contributed by atoms with van der Waals surface area (Å²) < 4.78 is 6.62. The smallest absolute Gasteiger partial charge is 0.151 e. The van der Waals surface area contributed by atoms with E-state index in [1.54, 1.807) is 13.0 Å². The zero-order valence-electron chi connectivity index (χ0n) is 30.8. The van der Waals surface area contributed by atoms with Crippen LogP contribution in [0.15, 0.2) is 70.9 Å². The first kappa shape index (κ1) is 37.0. The standard InChI is InChI=1S/C33H34NO.C11H19NO.Ir/c1-31(2,3)25-17-21(16-20-10-8-9-11-22(20)25)29-30-23(12-15-34-29)24-18-26-27(19-28(24)35-30)33(6,7)14-13-32(26,4)5;1-9(8-10(2)13)12-11-6-4-3-5-7-11;/h8-12,15,17-19H,13-14H2,1-7H3;8,11H,3-7H2,1-2H3,(H,12,13);/q-1;;/p-1. The molecule has 1 saturated carbocycles. The summed E-state index contributed by atoms with van der Waals surface area (Å²) >= 11 is 0. The van der Waals surface area contributed by atoms with Crippen molar-refractivity contribution in [2.45, 2.75) is 130 Å². The van der Waals surface area contributed by atoms with Crippen molar-refractivity contribution < 1.29 is 29.3 Å². The van der Waals surface area contributed by atoms with Crippen LogP contribution in [-0.4, -0.2) is 16.8 Å². The minimum atomic E-state index is 0. The van der Waals surface area contributed by atoms with Crippen LogP contribution in [0.3, 0.4) is 0 Å². The molecule has 0 spiro atoms. The molecule has 0 aliphatic heterocycles. The molecule has 2 aliphatic rings. The molecule has 0 unspecified atom stereocenters. The number of carbonyl (C=O) groups is 1. The van der Waals surface area contributed by atoms with Crippen molar-refractivity contribution in [3.63, 3.8) is 0 Å². The number of nitrogens with zero attached hydrogens (tertiary/aromatic N) is 2. The summed E-state index contributed by atoms with van der Waals surface area (Å²) in [6.45, 7) is 19.8. The maximum absolute atomic E-state index is 10.8. The Morgan fingerprint density at radius 2 is 1.55 bits per heavy atom. The van der Waals surface area contributed by atoms with Crippen LogP contribution < -0.4 is 0 Å². The third-order valence-corrected chi connectivity index (χ3v) is 10.6.